The first-order valence-corrected chi connectivity index (χ1v) is 8.35. The van der Waals surface area contributed by atoms with Gasteiger partial charge >= 0.3 is 0 Å². The maximum Gasteiger partial charge on any atom is 0.222 e. The van der Waals surface area contributed by atoms with E-state index in [1.807, 2.05) is 42.3 Å². The fourth-order valence-electron chi connectivity index (χ4n) is 2.86. The number of aryl methyl sites for hydroxylation is 1. The first kappa shape index (κ1) is 16.2. The third-order valence-corrected chi connectivity index (χ3v) is 4.19. The summed E-state index contributed by atoms with van der Waals surface area (Å²) in [6, 6.07) is 7.56. The Kier molecular flexibility index (Phi) is 4.93. The summed E-state index contributed by atoms with van der Waals surface area (Å²) in [5, 5.41) is 3.36. The smallest absolute Gasteiger partial charge is 0.222 e. The minimum atomic E-state index is 0.275. The van der Waals surface area contributed by atoms with Gasteiger partial charge in [-0.1, -0.05) is 12.1 Å². The molecule has 0 spiro atoms. The van der Waals surface area contributed by atoms with Crippen LogP contribution in [-0.4, -0.2) is 40.4 Å². The van der Waals surface area contributed by atoms with Gasteiger partial charge in [-0.05, 0) is 31.9 Å². The van der Waals surface area contributed by atoms with Crippen LogP contribution in [0.25, 0.3) is 11.4 Å². The van der Waals surface area contributed by atoms with Crippen molar-refractivity contribution in [1.29, 1.82) is 0 Å². The molecule has 6 heteroatoms. The SMILES string of the molecule is Cc1cnc(-c2cccc(N)c2)nc1NCCCN1CCCC1=O. The first-order chi connectivity index (χ1) is 11.6. The zero-order chi connectivity index (χ0) is 16.9. The average molecular weight is 325 g/mol. The summed E-state index contributed by atoms with van der Waals surface area (Å²) in [5.41, 5.74) is 8.43. The minimum absolute atomic E-state index is 0.275. The molecule has 3 N–H and O–H groups in total. The maximum absolute atomic E-state index is 11.6. The van der Waals surface area contributed by atoms with Gasteiger partial charge in [0.1, 0.15) is 5.82 Å². The van der Waals surface area contributed by atoms with Crippen LogP contribution >= 0.6 is 0 Å². The van der Waals surface area contributed by atoms with Crippen molar-refractivity contribution in [2.24, 2.45) is 0 Å². The van der Waals surface area contributed by atoms with Crippen molar-refractivity contribution in [3.8, 4) is 11.4 Å². The molecule has 0 radical (unpaired) electrons. The van der Waals surface area contributed by atoms with E-state index in [1.54, 1.807) is 0 Å². The quantitative estimate of drug-likeness (QED) is 0.629. The Balaban J connectivity index is 1.61. The highest BCUT2D eigenvalue weighted by Crippen LogP contribution is 2.20. The second kappa shape index (κ2) is 7.29. The number of rotatable bonds is 6. The number of likely N-dealkylation sites (tertiary alicyclic amines) is 1. The van der Waals surface area contributed by atoms with Crippen LogP contribution in [0.4, 0.5) is 11.5 Å². The Hall–Kier alpha value is -2.63. The molecule has 1 saturated heterocycles. The molecular weight excluding hydrogens is 302 g/mol. The average Bonchev–Trinajstić information content (AvgIpc) is 2.98. The lowest BCUT2D eigenvalue weighted by Crippen LogP contribution is -2.27. The van der Waals surface area contributed by atoms with E-state index in [0.29, 0.717) is 17.9 Å². The number of hydrogen-bond acceptors (Lipinski definition) is 5. The molecule has 126 valence electrons. The number of anilines is 2. The van der Waals surface area contributed by atoms with Gasteiger partial charge in [0, 0.05) is 49.1 Å². The monoisotopic (exact) mass is 325 g/mol. The first-order valence-electron chi connectivity index (χ1n) is 8.35. The summed E-state index contributed by atoms with van der Waals surface area (Å²) < 4.78 is 0. The molecule has 2 heterocycles. The Morgan fingerprint density at radius 3 is 3.00 bits per heavy atom. The molecule has 1 aliphatic rings. The van der Waals surface area contributed by atoms with Gasteiger partial charge in [0.2, 0.25) is 5.91 Å². The molecule has 1 aliphatic heterocycles. The Morgan fingerprint density at radius 1 is 1.38 bits per heavy atom. The van der Waals surface area contributed by atoms with Crippen molar-refractivity contribution in [2.45, 2.75) is 26.2 Å². The summed E-state index contributed by atoms with van der Waals surface area (Å²) >= 11 is 0. The summed E-state index contributed by atoms with van der Waals surface area (Å²) in [6.07, 6.45) is 4.41. The number of nitrogens with zero attached hydrogens (tertiary/aromatic N) is 3. The van der Waals surface area contributed by atoms with E-state index in [4.69, 9.17) is 5.73 Å². The van der Waals surface area contributed by atoms with Crippen LogP contribution in [0.3, 0.4) is 0 Å². The topological polar surface area (TPSA) is 84.1 Å². The second-order valence-corrected chi connectivity index (χ2v) is 6.12. The fourth-order valence-corrected chi connectivity index (χ4v) is 2.86. The highest BCUT2D eigenvalue weighted by atomic mass is 16.2. The van der Waals surface area contributed by atoms with Gasteiger partial charge in [0.25, 0.3) is 0 Å². The number of carbonyl (C=O) groups excluding carboxylic acids is 1. The number of benzene rings is 1. The van der Waals surface area contributed by atoms with Gasteiger partial charge in [-0.3, -0.25) is 4.79 Å². The molecule has 1 fully saturated rings. The summed E-state index contributed by atoms with van der Waals surface area (Å²) in [4.78, 5) is 22.5. The summed E-state index contributed by atoms with van der Waals surface area (Å²) in [7, 11) is 0. The molecule has 0 bridgehead atoms. The van der Waals surface area contributed by atoms with Crippen molar-refractivity contribution < 1.29 is 4.79 Å². The zero-order valence-electron chi connectivity index (χ0n) is 14.0. The van der Waals surface area contributed by atoms with E-state index in [9.17, 15) is 4.79 Å². The van der Waals surface area contributed by atoms with Crippen molar-refractivity contribution in [3.05, 3.63) is 36.0 Å². The summed E-state index contributed by atoms with van der Waals surface area (Å²) in [6.45, 7) is 4.45. The number of aromatic nitrogens is 2. The molecule has 0 unspecified atom stereocenters. The van der Waals surface area contributed by atoms with E-state index in [-0.39, 0.29) is 5.91 Å². The van der Waals surface area contributed by atoms with E-state index < -0.39 is 0 Å². The van der Waals surface area contributed by atoms with E-state index in [2.05, 4.69) is 15.3 Å². The Bertz CT molecular complexity index is 731. The molecule has 6 nitrogen and oxygen atoms in total. The lowest BCUT2D eigenvalue weighted by atomic mass is 10.2. The number of hydrogen-bond donors (Lipinski definition) is 2. The van der Waals surface area contributed by atoms with Crippen LogP contribution in [0.15, 0.2) is 30.5 Å². The fraction of sp³-hybridized carbons (Fsp3) is 0.389. The number of nitrogens with one attached hydrogen (secondary N) is 1. The van der Waals surface area contributed by atoms with Gasteiger partial charge < -0.3 is 16.0 Å². The normalized spacial score (nSPS) is 14.2. The minimum Gasteiger partial charge on any atom is -0.399 e. The molecule has 24 heavy (non-hydrogen) atoms. The van der Waals surface area contributed by atoms with E-state index in [0.717, 1.165) is 49.4 Å². The van der Waals surface area contributed by atoms with Gasteiger partial charge in [-0.15, -0.1) is 0 Å². The van der Waals surface area contributed by atoms with Crippen LogP contribution in [-0.2, 0) is 4.79 Å². The molecule has 0 atom stereocenters. The van der Waals surface area contributed by atoms with Crippen molar-refractivity contribution in [2.75, 3.05) is 30.7 Å². The third kappa shape index (κ3) is 3.82. The maximum atomic E-state index is 11.6. The molecule has 2 aromatic rings. The molecule has 0 aliphatic carbocycles. The number of carbonyl (C=O) groups is 1. The van der Waals surface area contributed by atoms with Crippen molar-refractivity contribution in [3.63, 3.8) is 0 Å². The van der Waals surface area contributed by atoms with Gasteiger partial charge in [0.05, 0.1) is 0 Å². The largest absolute Gasteiger partial charge is 0.399 e. The van der Waals surface area contributed by atoms with Crippen LogP contribution in [0.1, 0.15) is 24.8 Å². The van der Waals surface area contributed by atoms with E-state index in [1.165, 1.54) is 0 Å². The number of nitrogen functional groups attached to an aromatic ring is 1. The lowest BCUT2D eigenvalue weighted by Gasteiger charge is -2.16. The van der Waals surface area contributed by atoms with Crippen molar-refractivity contribution >= 4 is 17.4 Å². The molecule has 1 aromatic heterocycles. The van der Waals surface area contributed by atoms with Gasteiger partial charge in [-0.25, -0.2) is 9.97 Å². The van der Waals surface area contributed by atoms with Crippen molar-refractivity contribution in [1.82, 2.24) is 14.9 Å². The standard InChI is InChI=1S/C18H23N5O/c1-13-12-21-18(14-5-2-6-15(19)11-14)22-17(13)20-8-4-10-23-9-3-7-16(23)24/h2,5-6,11-12H,3-4,7-10,19H2,1H3,(H,20,21,22). The summed E-state index contributed by atoms with van der Waals surface area (Å²) in [5.74, 6) is 1.76. The highest BCUT2D eigenvalue weighted by molar-refractivity contribution is 5.78. The lowest BCUT2D eigenvalue weighted by molar-refractivity contribution is -0.127. The third-order valence-electron chi connectivity index (χ3n) is 4.19. The van der Waals surface area contributed by atoms with Crippen LogP contribution in [0.5, 0.6) is 0 Å². The zero-order valence-corrected chi connectivity index (χ0v) is 14.0. The van der Waals surface area contributed by atoms with Crippen LogP contribution < -0.4 is 11.1 Å². The predicted molar refractivity (Wildman–Crippen MR) is 95.5 cm³/mol. The molecule has 0 saturated carbocycles. The molecular formula is C18H23N5O. The van der Waals surface area contributed by atoms with E-state index >= 15 is 0 Å². The molecule has 1 aromatic carbocycles. The number of nitrogens with two attached hydrogens (primary N) is 1. The molecule has 3 rings (SSSR count). The predicted octanol–water partition coefficient (Wildman–Crippen LogP) is 2.46. The Morgan fingerprint density at radius 2 is 2.25 bits per heavy atom. The second-order valence-electron chi connectivity index (χ2n) is 6.12. The van der Waals surface area contributed by atoms with Crippen LogP contribution in [0, 0.1) is 6.92 Å². The Labute approximate surface area is 142 Å². The van der Waals surface area contributed by atoms with Gasteiger partial charge in [-0.2, -0.15) is 0 Å². The number of amides is 1. The van der Waals surface area contributed by atoms with Crippen LogP contribution in [0.2, 0.25) is 0 Å². The highest BCUT2D eigenvalue weighted by Gasteiger charge is 2.18. The van der Waals surface area contributed by atoms with Gasteiger partial charge in [0.15, 0.2) is 5.82 Å². The molecule has 1 amide bonds.